The number of nitrogens with zero attached hydrogens (tertiary/aromatic N) is 3. The van der Waals surface area contributed by atoms with Gasteiger partial charge < -0.3 is 10.6 Å². The number of carbonyl (C=O) groups is 1. The number of piperidine rings is 1. The fourth-order valence-corrected chi connectivity index (χ4v) is 2.43. The van der Waals surface area contributed by atoms with Gasteiger partial charge in [0.15, 0.2) is 0 Å². The van der Waals surface area contributed by atoms with E-state index in [1.807, 2.05) is 24.9 Å². The number of aryl methyl sites for hydroxylation is 2. The number of rotatable bonds is 2. The standard InChI is InChI=1S/C13H22N4O/c1-10-8-11(16(3)15-10)12(18)17-6-4-13(2,9-14)5-7-17/h8H,4-7,9,14H2,1-3H3. The van der Waals surface area contributed by atoms with E-state index in [9.17, 15) is 4.79 Å². The zero-order chi connectivity index (χ0) is 13.3. The van der Waals surface area contributed by atoms with E-state index >= 15 is 0 Å². The van der Waals surface area contributed by atoms with Crippen molar-refractivity contribution in [1.82, 2.24) is 14.7 Å². The Bertz CT molecular complexity index is 444. The van der Waals surface area contributed by atoms with Gasteiger partial charge in [-0.25, -0.2) is 0 Å². The summed E-state index contributed by atoms with van der Waals surface area (Å²) in [6, 6.07) is 1.85. The van der Waals surface area contributed by atoms with Crippen LogP contribution in [0.2, 0.25) is 0 Å². The zero-order valence-electron chi connectivity index (χ0n) is 11.4. The first kappa shape index (κ1) is 13.1. The van der Waals surface area contributed by atoms with Gasteiger partial charge in [-0.3, -0.25) is 9.48 Å². The van der Waals surface area contributed by atoms with Crippen molar-refractivity contribution in [1.29, 1.82) is 0 Å². The molecule has 5 heteroatoms. The van der Waals surface area contributed by atoms with E-state index in [2.05, 4.69) is 12.0 Å². The maximum absolute atomic E-state index is 12.4. The number of hydrogen-bond donors (Lipinski definition) is 1. The smallest absolute Gasteiger partial charge is 0.272 e. The average Bonchev–Trinajstić information content (AvgIpc) is 2.69. The molecule has 0 radical (unpaired) electrons. The van der Waals surface area contributed by atoms with Gasteiger partial charge in [-0.05, 0) is 37.8 Å². The van der Waals surface area contributed by atoms with Gasteiger partial charge in [-0.1, -0.05) is 6.92 Å². The van der Waals surface area contributed by atoms with Gasteiger partial charge in [0, 0.05) is 20.1 Å². The summed E-state index contributed by atoms with van der Waals surface area (Å²) in [7, 11) is 1.81. The summed E-state index contributed by atoms with van der Waals surface area (Å²) in [4.78, 5) is 14.3. The van der Waals surface area contributed by atoms with Crippen molar-refractivity contribution >= 4 is 5.91 Å². The number of aromatic nitrogens is 2. The van der Waals surface area contributed by atoms with Gasteiger partial charge in [-0.2, -0.15) is 5.10 Å². The summed E-state index contributed by atoms with van der Waals surface area (Å²) < 4.78 is 1.66. The first-order valence-corrected chi connectivity index (χ1v) is 6.45. The Balaban J connectivity index is 2.06. The lowest BCUT2D eigenvalue weighted by Gasteiger charge is -2.38. The van der Waals surface area contributed by atoms with Crippen molar-refractivity contribution in [2.45, 2.75) is 26.7 Å². The maximum atomic E-state index is 12.4. The topological polar surface area (TPSA) is 64.2 Å². The third-order valence-corrected chi connectivity index (χ3v) is 3.97. The summed E-state index contributed by atoms with van der Waals surface area (Å²) in [6.07, 6.45) is 1.96. The van der Waals surface area contributed by atoms with Crippen LogP contribution in [0.3, 0.4) is 0 Å². The second-order valence-corrected chi connectivity index (χ2v) is 5.60. The minimum Gasteiger partial charge on any atom is -0.337 e. The highest BCUT2D eigenvalue weighted by atomic mass is 16.2. The van der Waals surface area contributed by atoms with E-state index in [-0.39, 0.29) is 11.3 Å². The number of nitrogens with two attached hydrogens (primary N) is 1. The Morgan fingerprint density at radius 2 is 2.11 bits per heavy atom. The number of likely N-dealkylation sites (tertiary alicyclic amines) is 1. The molecule has 2 N–H and O–H groups in total. The molecule has 1 aliphatic heterocycles. The number of carbonyl (C=O) groups excluding carboxylic acids is 1. The van der Waals surface area contributed by atoms with E-state index < -0.39 is 0 Å². The first-order valence-electron chi connectivity index (χ1n) is 6.45. The predicted octanol–water partition coefficient (Wildman–Crippen LogP) is 0.930. The van der Waals surface area contributed by atoms with Crippen LogP contribution in [0.5, 0.6) is 0 Å². The van der Waals surface area contributed by atoms with Crippen LogP contribution in [0.4, 0.5) is 0 Å². The Morgan fingerprint density at radius 3 is 2.56 bits per heavy atom. The van der Waals surface area contributed by atoms with Crippen molar-refractivity contribution in [2.24, 2.45) is 18.2 Å². The molecule has 5 nitrogen and oxygen atoms in total. The molecule has 0 saturated carbocycles. The lowest BCUT2D eigenvalue weighted by atomic mass is 9.80. The molecule has 2 heterocycles. The monoisotopic (exact) mass is 250 g/mol. The molecule has 0 atom stereocenters. The van der Waals surface area contributed by atoms with Crippen LogP contribution in [-0.4, -0.2) is 40.2 Å². The normalized spacial score (nSPS) is 19.0. The van der Waals surface area contributed by atoms with Crippen LogP contribution in [0, 0.1) is 12.3 Å². The van der Waals surface area contributed by atoms with Crippen molar-refractivity contribution in [2.75, 3.05) is 19.6 Å². The van der Waals surface area contributed by atoms with Gasteiger partial charge in [0.1, 0.15) is 5.69 Å². The molecule has 1 amide bonds. The largest absolute Gasteiger partial charge is 0.337 e. The van der Waals surface area contributed by atoms with Crippen LogP contribution in [0.1, 0.15) is 35.9 Å². The summed E-state index contributed by atoms with van der Waals surface area (Å²) in [5, 5.41) is 4.22. The van der Waals surface area contributed by atoms with Crippen molar-refractivity contribution < 1.29 is 4.79 Å². The molecule has 18 heavy (non-hydrogen) atoms. The van der Waals surface area contributed by atoms with Crippen LogP contribution in [0.25, 0.3) is 0 Å². The van der Waals surface area contributed by atoms with Gasteiger partial charge in [0.2, 0.25) is 0 Å². The van der Waals surface area contributed by atoms with E-state index in [0.29, 0.717) is 12.2 Å². The van der Waals surface area contributed by atoms with Gasteiger partial charge >= 0.3 is 0 Å². The molecule has 0 aromatic carbocycles. The second kappa shape index (κ2) is 4.72. The quantitative estimate of drug-likeness (QED) is 0.849. The van der Waals surface area contributed by atoms with Crippen molar-refractivity contribution in [3.63, 3.8) is 0 Å². The highest BCUT2D eigenvalue weighted by molar-refractivity contribution is 5.92. The molecule has 0 aliphatic carbocycles. The zero-order valence-corrected chi connectivity index (χ0v) is 11.4. The van der Waals surface area contributed by atoms with Crippen molar-refractivity contribution in [3.05, 3.63) is 17.5 Å². The van der Waals surface area contributed by atoms with Crippen LogP contribution in [0.15, 0.2) is 6.07 Å². The lowest BCUT2D eigenvalue weighted by Crippen LogP contribution is -2.45. The minimum absolute atomic E-state index is 0.0807. The van der Waals surface area contributed by atoms with Gasteiger partial charge in [0.05, 0.1) is 5.69 Å². The van der Waals surface area contributed by atoms with Crippen LogP contribution in [-0.2, 0) is 7.05 Å². The molecule has 0 unspecified atom stereocenters. The molecule has 0 bridgehead atoms. The molecule has 2 rings (SSSR count). The number of amides is 1. The molecule has 1 fully saturated rings. The molecule has 1 aromatic rings. The lowest BCUT2D eigenvalue weighted by molar-refractivity contribution is 0.0607. The fraction of sp³-hybridized carbons (Fsp3) is 0.692. The minimum atomic E-state index is 0.0807. The van der Waals surface area contributed by atoms with E-state index in [4.69, 9.17) is 5.73 Å². The molecular weight excluding hydrogens is 228 g/mol. The van der Waals surface area contributed by atoms with Crippen LogP contribution >= 0.6 is 0 Å². The summed E-state index contributed by atoms with van der Waals surface area (Å²) in [5.41, 5.74) is 7.52. The maximum Gasteiger partial charge on any atom is 0.272 e. The first-order chi connectivity index (χ1) is 8.45. The molecule has 1 saturated heterocycles. The number of hydrogen-bond acceptors (Lipinski definition) is 3. The van der Waals surface area contributed by atoms with E-state index in [0.717, 1.165) is 31.6 Å². The van der Waals surface area contributed by atoms with Gasteiger partial charge in [-0.15, -0.1) is 0 Å². The Labute approximate surface area is 108 Å². The van der Waals surface area contributed by atoms with E-state index in [1.54, 1.807) is 4.68 Å². The highest BCUT2D eigenvalue weighted by Crippen LogP contribution is 2.29. The molecule has 0 spiro atoms. The molecule has 100 valence electrons. The Morgan fingerprint density at radius 1 is 1.50 bits per heavy atom. The summed E-state index contributed by atoms with van der Waals surface area (Å²) in [6.45, 7) is 6.37. The molecule has 1 aliphatic rings. The fourth-order valence-electron chi connectivity index (χ4n) is 2.43. The third kappa shape index (κ3) is 2.41. The Hall–Kier alpha value is -1.36. The SMILES string of the molecule is Cc1cc(C(=O)N2CCC(C)(CN)CC2)n(C)n1. The van der Waals surface area contributed by atoms with Gasteiger partial charge in [0.25, 0.3) is 5.91 Å². The highest BCUT2D eigenvalue weighted by Gasteiger charge is 2.31. The summed E-state index contributed by atoms with van der Waals surface area (Å²) >= 11 is 0. The van der Waals surface area contributed by atoms with E-state index in [1.165, 1.54) is 0 Å². The molecular formula is C13H22N4O. The van der Waals surface area contributed by atoms with Crippen LogP contribution < -0.4 is 5.73 Å². The third-order valence-electron chi connectivity index (χ3n) is 3.97. The second-order valence-electron chi connectivity index (χ2n) is 5.60. The van der Waals surface area contributed by atoms with Crippen molar-refractivity contribution in [3.8, 4) is 0 Å². The Kier molecular flexibility index (Phi) is 3.43. The molecule has 1 aromatic heterocycles. The summed E-state index contributed by atoms with van der Waals surface area (Å²) in [5.74, 6) is 0.0807. The predicted molar refractivity (Wildman–Crippen MR) is 70.2 cm³/mol. The average molecular weight is 250 g/mol.